The van der Waals surface area contributed by atoms with E-state index in [1.165, 1.54) is 29.8 Å². The van der Waals surface area contributed by atoms with E-state index in [4.69, 9.17) is 0 Å². The second kappa shape index (κ2) is 9.20. The van der Waals surface area contributed by atoms with Crippen molar-refractivity contribution < 1.29 is 27.5 Å². The first-order valence-electron chi connectivity index (χ1n) is 10.5. The molecule has 0 N–H and O–H groups in total. The number of nitrogens with zero attached hydrogens (tertiary/aromatic N) is 3. The number of piperazine rings is 1. The van der Waals surface area contributed by atoms with Gasteiger partial charge in [0.25, 0.3) is 5.91 Å². The number of alkyl halides is 3. The predicted octanol–water partition coefficient (Wildman–Crippen LogP) is 2.97. The SMILES string of the molecule is O=C(c1ccc(OCC(F)(F)F)cc1)N1CCN(CC(=O)N2CCc3ccccc32)CC1. The fraction of sp³-hybridized carbons (Fsp3) is 0.391. The van der Waals surface area contributed by atoms with E-state index in [0.29, 0.717) is 44.8 Å². The molecule has 1 saturated heterocycles. The highest BCUT2D eigenvalue weighted by Crippen LogP contribution is 2.27. The molecule has 0 spiro atoms. The highest BCUT2D eigenvalue weighted by molar-refractivity contribution is 5.97. The molecule has 2 amide bonds. The number of hydrogen-bond acceptors (Lipinski definition) is 4. The van der Waals surface area contributed by atoms with Crippen LogP contribution in [0.2, 0.25) is 0 Å². The van der Waals surface area contributed by atoms with Gasteiger partial charge in [0.15, 0.2) is 6.61 Å². The van der Waals surface area contributed by atoms with Crippen molar-refractivity contribution in [2.45, 2.75) is 12.6 Å². The maximum Gasteiger partial charge on any atom is 0.422 e. The Balaban J connectivity index is 1.26. The molecule has 2 heterocycles. The fourth-order valence-electron chi connectivity index (χ4n) is 4.02. The second-order valence-corrected chi connectivity index (χ2v) is 7.92. The summed E-state index contributed by atoms with van der Waals surface area (Å²) in [5.41, 5.74) is 2.56. The van der Waals surface area contributed by atoms with E-state index in [2.05, 4.69) is 4.74 Å². The number of fused-ring (bicyclic) bond motifs is 1. The van der Waals surface area contributed by atoms with E-state index in [9.17, 15) is 22.8 Å². The molecule has 2 aliphatic heterocycles. The average molecular weight is 447 g/mol. The van der Waals surface area contributed by atoms with Gasteiger partial charge in [0.05, 0.1) is 6.54 Å². The minimum atomic E-state index is -4.41. The fourth-order valence-corrected chi connectivity index (χ4v) is 4.02. The van der Waals surface area contributed by atoms with Gasteiger partial charge in [0.2, 0.25) is 5.91 Å². The van der Waals surface area contributed by atoms with Crippen molar-refractivity contribution in [3.05, 3.63) is 59.7 Å². The first-order valence-corrected chi connectivity index (χ1v) is 10.5. The van der Waals surface area contributed by atoms with Gasteiger partial charge in [-0.2, -0.15) is 13.2 Å². The summed E-state index contributed by atoms with van der Waals surface area (Å²) >= 11 is 0. The molecule has 0 saturated carbocycles. The zero-order chi connectivity index (χ0) is 22.7. The van der Waals surface area contributed by atoms with Crippen molar-refractivity contribution in [1.82, 2.24) is 9.80 Å². The summed E-state index contributed by atoms with van der Waals surface area (Å²) in [6.07, 6.45) is -3.54. The van der Waals surface area contributed by atoms with E-state index >= 15 is 0 Å². The number of carbonyl (C=O) groups excluding carboxylic acids is 2. The summed E-state index contributed by atoms with van der Waals surface area (Å²) in [5, 5.41) is 0. The van der Waals surface area contributed by atoms with Crippen LogP contribution in [0.15, 0.2) is 48.5 Å². The summed E-state index contributed by atoms with van der Waals surface area (Å²) < 4.78 is 41.4. The zero-order valence-corrected chi connectivity index (χ0v) is 17.5. The molecule has 2 aromatic rings. The van der Waals surface area contributed by atoms with Gasteiger partial charge in [-0.05, 0) is 42.3 Å². The summed E-state index contributed by atoms with van der Waals surface area (Å²) in [5.74, 6) is -0.0679. The Hall–Kier alpha value is -3.07. The van der Waals surface area contributed by atoms with Gasteiger partial charge in [0, 0.05) is 44.0 Å². The minimum absolute atomic E-state index is 0.0594. The molecule has 9 heteroatoms. The van der Waals surface area contributed by atoms with Crippen LogP contribution < -0.4 is 9.64 Å². The Labute approximate surface area is 184 Å². The Kier molecular flexibility index (Phi) is 6.36. The monoisotopic (exact) mass is 447 g/mol. The molecular formula is C23H24F3N3O3. The Morgan fingerprint density at radius 1 is 0.906 bits per heavy atom. The lowest BCUT2D eigenvalue weighted by Crippen LogP contribution is -2.51. The van der Waals surface area contributed by atoms with Crippen LogP contribution in [0.5, 0.6) is 5.75 Å². The molecular weight excluding hydrogens is 423 g/mol. The first-order chi connectivity index (χ1) is 15.3. The number of ether oxygens (including phenoxy) is 1. The number of para-hydroxylation sites is 1. The molecule has 2 aromatic carbocycles. The van der Waals surface area contributed by atoms with Gasteiger partial charge in [-0.25, -0.2) is 0 Å². The highest BCUT2D eigenvalue weighted by atomic mass is 19.4. The molecule has 1 fully saturated rings. The molecule has 0 aliphatic carbocycles. The van der Waals surface area contributed by atoms with Crippen molar-refractivity contribution in [2.75, 3.05) is 50.8 Å². The molecule has 4 rings (SSSR count). The third-order valence-corrected chi connectivity index (χ3v) is 5.71. The van der Waals surface area contributed by atoms with E-state index in [0.717, 1.165) is 12.1 Å². The van der Waals surface area contributed by atoms with E-state index in [1.807, 2.05) is 34.1 Å². The van der Waals surface area contributed by atoms with E-state index < -0.39 is 12.8 Å². The molecule has 6 nitrogen and oxygen atoms in total. The predicted molar refractivity (Wildman–Crippen MR) is 113 cm³/mol. The standard InChI is InChI=1S/C23H24F3N3O3/c24-23(25,26)16-32-19-7-5-18(6-8-19)22(31)28-13-11-27(12-14-28)15-21(30)29-10-9-17-3-1-2-4-20(17)29/h1-8H,9-16H2. The number of hydrogen-bond donors (Lipinski definition) is 0. The van der Waals surface area contributed by atoms with Crippen LogP contribution in [-0.4, -0.2) is 73.7 Å². The highest BCUT2D eigenvalue weighted by Gasteiger charge is 2.29. The van der Waals surface area contributed by atoms with Gasteiger partial charge in [-0.15, -0.1) is 0 Å². The largest absolute Gasteiger partial charge is 0.484 e. The number of benzene rings is 2. The average Bonchev–Trinajstić information content (AvgIpc) is 3.22. The molecule has 170 valence electrons. The number of anilines is 1. The molecule has 0 aromatic heterocycles. The first kappa shape index (κ1) is 22.1. The Morgan fingerprint density at radius 2 is 1.59 bits per heavy atom. The number of carbonyl (C=O) groups is 2. The topological polar surface area (TPSA) is 53.1 Å². The van der Waals surface area contributed by atoms with Crippen LogP contribution in [0, 0.1) is 0 Å². The van der Waals surface area contributed by atoms with Crippen LogP contribution in [0.1, 0.15) is 15.9 Å². The molecule has 2 aliphatic rings. The van der Waals surface area contributed by atoms with E-state index in [1.54, 1.807) is 4.90 Å². The summed E-state index contributed by atoms with van der Waals surface area (Å²) in [6.45, 7) is 1.76. The van der Waals surface area contributed by atoms with Crippen LogP contribution in [0.25, 0.3) is 0 Å². The van der Waals surface area contributed by atoms with Crippen molar-refractivity contribution in [3.8, 4) is 5.75 Å². The van der Waals surface area contributed by atoms with Gasteiger partial charge >= 0.3 is 6.18 Å². The number of halogens is 3. The van der Waals surface area contributed by atoms with Crippen molar-refractivity contribution in [1.29, 1.82) is 0 Å². The minimum Gasteiger partial charge on any atom is -0.484 e. The van der Waals surface area contributed by atoms with Gasteiger partial charge in [-0.1, -0.05) is 18.2 Å². The Bertz CT molecular complexity index is 970. The maximum atomic E-state index is 12.8. The van der Waals surface area contributed by atoms with Crippen molar-refractivity contribution in [2.24, 2.45) is 0 Å². The molecule has 32 heavy (non-hydrogen) atoms. The van der Waals surface area contributed by atoms with E-state index in [-0.39, 0.29) is 17.6 Å². The van der Waals surface area contributed by atoms with Crippen molar-refractivity contribution in [3.63, 3.8) is 0 Å². The maximum absolute atomic E-state index is 12.8. The smallest absolute Gasteiger partial charge is 0.422 e. The molecule has 0 bridgehead atoms. The molecule has 0 radical (unpaired) electrons. The van der Waals surface area contributed by atoms with Crippen LogP contribution >= 0.6 is 0 Å². The summed E-state index contributed by atoms with van der Waals surface area (Å²) in [6, 6.07) is 13.6. The lowest BCUT2D eigenvalue weighted by molar-refractivity contribution is -0.153. The number of rotatable bonds is 5. The molecule has 0 atom stereocenters. The lowest BCUT2D eigenvalue weighted by atomic mass is 10.1. The number of amides is 2. The third-order valence-electron chi connectivity index (χ3n) is 5.71. The summed E-state index contributed by atoms with van der Waals surface area (Å²) in [4.78, 5) is 31.1. The van der Waals surface area contributed by atoms with Crippen LogP contribution in [-0.2, 0) is 11.2 Å². The third kappa shape index (κ3) is 5.21. The van der Waals surface area contributed by atoms with Crippen molar-refractivity contribution >= 4 is 17.5 Å². The van der Waals surface area contributed by atoms with Gasteiger partial charge in [0.1, 0.15) is 5.75 Å². The van der Waals surface area contributed by atoms with Gasteiger partial charge in [-0.3, -0.25) is 14.5 Å². The van der Waals surface area contributed by atoms with Crippen LogP contribution in [0.3, 0.4) is 0 Å². The summed E-state index contributed by atoms with van der Waals surface area (Å²) in [7, 11) is 0. The molecule has 0 unspecified atom stereocenters. The van der Waals surface area contributed by atoms with Gasteiger partial charge < -0.3 is 14.5 Å². The normalized spacial score (nSPS) is 16.7. The quantitative estimate of drug-likeness (QED) is 0.707. The lowest BCUT2D eigenvalue weighted by Gasteiger charge is -2.35. The second-order valence-electron chi connectivity index (χ2n) is 7.92. The van der Waals surface area contributed by atoms with Crippen LogP contribution in [0.4, 0.5) is 18.9 Å². The zero-order valence-electron chi connectivity index (χ0n) is 17.5. The Morgan fingerprint density at radius 3 is 2.28 bits per heavy atom.